The zero-order chi connectivity index (χ0) is 15.2. The van der Waals surface area contributed by atoms with Gasteiger partial charge in [-0.15, -0.1) is 0 Å². The molecule has 0 aliphatic carbocycles. The van der Waals surface area contributed by atoms with E-state index in [1.165, 1.54) is 0 Å². The van der Waals surface area contributed by atoms with Crippen molar-refractivity contribution in [2.45, 2.75) is 20.3 Å². The van der Waals surface area contributed by atoms with Gasteiger partial charge in [0.1, 0.15) is 4.64 Å². The third-order valence-corrected chi connectivity index (χ3v) is 2.95. The van der Waals surface area contributed by atoms with Crippen LogP contribution < -0.4 is 5.43 Å². The van der Waals surface area contributed by atoms with E-state index in [0.29, 0.717) is 22.8 Å². The van der Waals surface area contributed by atoms with Crippen LogP contribution in [0.15, 0.2) is 29.4 Å². The second kappa shape index (κ2) is 6.94. The summed E-state index contributed by atoms with van der Waals surface area (Å²) in [6.45, 7) is 3.86. The SMILES string of the molecule is CCOC(=O)C/C(C)=N/Nc1nc2ccccc2[nH]c1=S. The number of carbonyl (C=O) groups excluding carboxylic acids is 1. The van der Waals surface area contributed by atoms with Crippen LogP contribution in [-0.4, -0.2) is 28.3 Å². The van der Waals surface area contributed by atoms with Crippen molar-refractivity contribution in [1.29, 1.82) is 0 Å². The maximum atomic E-state index is 11.3. The Labute approximate surface area is 127 Å². The Hall–Kier alpha value is -2.28. The number of nitrogens with one attached hydrogen (secondary N) is 2. The molecule has 0 aliphatic rings. The summed E-state index contributed by atoms with van der Waals surface area (Å²) in [4.78, 5) is 18.8. The lowest BCUT2D eigenvalue weighted by Crippen LogP contribution is -2.10. The largest absolute Gasteiger partial charge is 0.466 e. The number of aromatic amines is 1. The molecule has 0 saturated heterocycles. The van der Waals surface area contributed by atoms with Gasteiger partial charge in [-0.3, -0.25) is 10.2 Å². The van der Waals surface area contributed by atoms with Crippen molar-refractivity contribution in [1.82, 2.24) is 9.97 Å². The van der Waals surface area contributed by atoms with Gasteiger partial charge in [0.05, 0.1) is 24.1 Å². The Bertz CT molecular complexity index is 739. The van der Waals surface area contributed by atoms with E-state index in [4.69, 9.17) is 17.0 Å². The summed E-state index contributed by atoms with van der Waals surface area (Å²) in [5.74, 6) is 0.143. The Balaban J connectivity index is 2.14. The number of fused-ring (bicyclic) bond motifs is 1. The van der Waals surface area contributed by atoms with Gasteiger partial charge in [-0.1, -0.05) is 24.4 Å². The number of anilines is 1. The highest BCUT2D eigenvalue weighted by atomic mass is 32.1. The lowest BCUT2D eigenvalue weighted by Gasteiger charge is -2.05. The molecule has 2 aromatic rings. The average Bonchev–Trinajstić information content (AvgIpc) is 2.45. The fourth-order valence-corrected chi connectivity index (χ4v) is 1.92. The Morgan fingerprint density at radius 3 is 3.00 bits per heavy atom. The molecule has 0 saturated carbocycles. The molecule has 1 aromatic heterocycles. The molecule has 1 heterocycles. The van der Waals surface area contributed by atoms with E-state index in [-0.39, 0.29) is 12.4 Å². The lowest BCUT2D eigenvalue weighted by molar-refractivity contribution is -0.141. The van der Waals surface area contributed by atoms with Crippen molar-refractivity contribution in [2.24, 2.45) is 5.10 Å². The number of para-hydroxylation sites is 2. The maximum absolute atomic E-state index is 11.3. The zero-order valence-electron chi connectivity index (χ0n) is 11.8. The minimum atomic E-state index is -0.308. The van der Waals surface area contributed by atoms with Crippen LogP contribution >= 0.6 is 12.2 Å². The predicted octanol–water partition coefficient (Wildman–Crippen LogP) is 3.03. The summed E-state index contributed by atoms with van der Waals surface area (Å²) in [5.41, 5.74) is 5.03. The fourth-order valence-electron chi connectivity index (χ4n) is 1.71. The van der Waals surface area contributed by atoms with Crippen LogP contribution in [0.1, 0.15) is 20.3 Å². The standard InChI is InChI=1S/C14H16N4O2S/c1-3-20-12(19)8-9(2)17-18-13-14(21)16-11-7-5-4-6-10(11)15-13/h4-7H,3,8H2,1-2H3,(H,15,18)(H,16,21)/b17-9+. The van der Waals surface area contributed by atoms with Gasteiger partial charge in [0.2, 0.25) is 0 Å². The first-order valence-corrected chi connectivity index (χ1v) is 6.95. The number of nitrogens with zero attached hydrogens (tertiary/aromatic N) is 2. The minimum absolute atomic E-state index is 0.130. The van der Waals surface area contributed by atoms with Gasteiger partial charge in [0, 0.05) is 5.71 Å². The molecule has 0 aliphatic heterocycles. The lowest BCUT2D eigenvalue weighted by atomic mass is 10.3. The van der Waals surface area contributed by atoms with E-state index in [1.807, 2.05) is 24.3 Å². The van der Waals surface area contributed by atoms with Gasteiger partial charge >= 0.3 is 5.97 Å². The molecule has 6 nitrogen and oxygen atoms in total. The number of esters is 1. The van der Waals surface area contributed by atoms with E-state index in [2.05, 4.69) is 20.5 Å². The van der Waals surface area contributed by atoms with Gasteiger partial charge in [0.25, 0.3) is 0 Å². The highest BCUT2D eigenvalue weighted by molar-refractivity contribution is 7.71. The zero-order valence-corrected chi connectivity index (χ0v) is 12.7. The smallest absolute Gasteiger partial charge is 0.311 e. The molecule has 0 amide bonds. The number of H-pyrrole nitrogens is 1. The van der Waals surface area contributed by atoms with Crippen molar-refractivity contribution in [3.8, 4) is 0 Å². The number of hydrazone groups is 1. The number of aromatic nitrogens is 2. The summed E-state index contributed by atoms with van der Waals surface area (Å²) in [6.07, 6.45) is 0.130. The number of rotatable bonds is 5. The summed E-state index contributed by atoms with van der Waals surface area (Å²) >= 11 is 5.22. The predicted molar refractivity (Wildman–Crippen MR) is 84.9 cm³/mol. The number of carbonyl (C=O) groups is 1. The second-order valence-corrected chi connectivity index (χ2v) is 4.78. The molecule has 7 heteroatoms. The number of benzene rings is 1. The summed E-state index contributed by atoms with van der Waals surface area (Å²) < 4.78 is 5.32. The molecule has 21 heavy (non-hydrogen) atoms. The molecule has 0 radical (unpaired) electrons. The van der Waals surface area contributed by atoms with Gasteiger partial charge in [-0.05, 0) is 26.0 Å². The fraction of sp³-hybridized carbons (Fsp3) is 0.286. The third kappa shape index (κ3) is 4.09. The molecule has 0 unspecified atom stereocenters. The molecule has 0 bridgehead atoms. The number of hydrogen-bond donors (Lipinski definition) is 2. The first-order valence-electron chi connectivity index (χ1n) is 6.54. The molecular formula is C14H16N4O2S. The normalized spacial score (nSPS) is 11.4. The first-order chi connectivity index (χ1) is 10.1. The van der Waals surface area contributed by atoms with Crippen LogP contribution in [0.3, 0.4) is 0 Å². The van der Waals surface area contributed by atoms with E-state index >= 15 is 0 Å². The van der Waals surface area contributed by atoms with E-state index < -0.39 is 0 Å². The third-order valence-electron chi connectivity index (χ3n) is 2.66. The van der Waals surface area contributed by atoms with E-state index in [0.717, 1.165) is 11.0 Å². The quantitative estimate of drug-likeness (QED) is 0.384. The minimum Gasteiger partial charge on any atom is -0.466 e. The average molecular weight is 304 g/mol. The topological polar surface area (TPSA) is 79.4 Å². The van der Waals surface area contributed by atoms with Crippen molar-refractivity contribution >= 4 is 40.8 Å². The molecule has 2 N–H and O–H groups in total. The maximum Gasteiger partial charge on any atom is 0.311 e. The molecular weight excluding hydrogens is 288 g/mol. The molecule has 0 spiro atoms. The molecule has 1 aromatic carbocycles. The van der Waals surface area contributed by atoms with Crippen LogP contribution in [-0.2, 0) is 9.53 Å². The highest BCUT2D eigenvalue weighted by Gasteiger charge is 2.05. The van der Waals surface area contributed by atoms with E-state index in [9.17, 15) is 4.79 Å². The van der Waals surface area contributed by atoms with Crippen LogP contribution in [0.2, 0.25) is 0 Å². The number of ether oxygens (including phenoxy) is 1. The van der Waals surface area contributed by atoms with Gasteiger partial charge < -0.3 is 9.72 Å². The molecule has 0 atom stereocenters. The van der Waals surface area contributed by atoms with Gasteiger partial charge in [0.15, 0.2) is 5.82 Å². The first kappa shape index (κ1) is 15.1. The summed E-state index contributed by atoms with van der Waals surface area (Å²) in [5, 5.41) is 4.10. The second-order valence-electron chi connectivity index (χ2n) is 4.37. The molecule has 110 valence electrons. The summed E-state index contributed by atoms with van der Waals surface area (Å²) in [6, 6.07) is 7.58. The Morgan fingerprint density at radius 1 is 1.48 bits per heavy atom. The van der Waals surface area contributed by atoms with Gasteiger partial charge in [-0.25, -0.2) is 4.98 Å². The summed E-state index contributed by atoms with van der Waals surface area (Å²) in [7, 11) is 0. The molecule has 2 rings (SSSR count). The number of hydrogen-bond acceptors (Lipinski definition) is 6. The van der Waals surface area contributed by atoms with Crippen molar-refractivity contribution in [2.75, 3.05) is 12.0 Å². The van der Waals surface area contributed by atoms with Crippen LogP contribution in [0, 0.1) is 4.64 Å². The van der Waals surface area contributed by atoms with Crippen LogP contribution in [0.4, 0.5) is 5.82 Å². The van der Waals surface area contributed by atoms with Crippen LogP contribution in [0.25, 0.3) is 11.0 Å². The van der Waals surface area contributed by atoms with E-state index in [1.54, 1.807) is 13.8 Å². The van der Waals surface area contributed by atoms with Crippen molar-refractivity contribution < 1.29 is 9.53 Å². The Kier molecular flexibility index (Phi) is 4.99. The monoisotopic (exact) mass is 304 g/mol. The van der Waals surface area contributed by atoms with Crippen LogP contribution in [0.5, 0.6) is 0 Å². The Morgan fingerprint density at radius 2 is 2.24 bits per heavy atom. The highest BCUT2D eigenvalue weighted by Crippen LogP contribution is 2.13. The van der Waals surface area contributed by atoms with Crippen molar-refractivity contribution in [3.05, 3.63) is 28.9 Å². The van der Waals surface area contributed by atoms with Gasteiger partial charge in [-0.2, -0.15) is 5.10 Å². The molecule has 0 fully saturated rings. The van der Waals surface area contributed by atoms with Crippen molar-refractivity contribution in [3.63, 3.8) is 0 Å².